The molecular formula is C16H21N3OS. The molecule has 4 nitrogen and oxygen atoms in total. The van der Waals surface area contributed by atoms with E-state index in [2.05, 4.69) is 48.3 Å². The van der Waals surface area contributed by atoms with Gasteiger partial charge in [-0.3, -0.25) is 4.79 Å². The van der Waals surface area contributed by atoms with Crippen molar-refractivity contribution < 1.29 is 4.79 Å². The Morgan fingerprint density at radius 2 is 1.90 bits per heavy atom. The topological polar surface area (TPSA) is 58.4 Å². The molecule has 0 bridgehead atoms. The van der Waals surface area contributed by atoms with Crippen LogP contribution in [0.2, 0.25) is 0 Å². The van der Waals surface area contributed by atoms with Crippen LogP contribution in [0.25, 0.3) is 0 Å². The summed E-state index contributed by atoms with van der Waals surface area (Å²) in [4.78, 5) is 14.5. The van der Waals surface area contributed by atoms with Crippen LogP contribution in [0.15, 0.2) is 35.7 Å². The standard InChI is InChI=1S/C16H21N3OS/c1-3-19(4-2)14-7-5-13(6-8-14)18-10-15-9-12(11-21-15)16(17)20/h5-9,11,18H,3-4,10H2,1-2H3,(H2,17,20). The number of nitrogens with one attached hydrogen (secondary N) is 1. The summed E-state index contributed by atoms with van der Waals surface area (Å²) in [5, 5.41) is 5.15. The van der Waals surface area contributed by atoms with Gasteiger partial charge in [-0.1, -0.05) is 0 Å². The van der Waals surface area contributed by atoms with Gasteiger partial charge in [0.15, 0.2) is 0 Å². The van der Waals surface area contributed by atoms with E-state index in [1.54, 1.807) is 16.7 Å². The SMILES string of the molecule is CCN(CC)c1ccc(NCc2cc(C(N)=O)cs2)cc1. The van der Waals surface area contributed by atoms with Crippen molar-refractivity contribution >= 4 is 28.6 Å². The minimum atomic E-state index is -0.374. The molecule has 1 aromatic heterocycles. The van der Waals surface area contributed by atoms with Crippen LogP contribution in [-0.2, 0) is 6.54 Å². The molecule has 0 saturated carbocycles. The number of benzene rings is 1. The smallest absolute Gasteiger partial charge is 0.249 e. The Balaban J connectivity index is 1.95. The largest absolute Gasteiger partial charge is 0.380 e. The van der Waals surface area contributed by atoms with Crippen molar-refractivity contribution in [2.24, 2.45) is 5.73 Å². The molecule has 0 aliphatic carbocycles. The minimum absolute atomic E-state index is 0.374. The fourth-order valence-corrected chi connectivity index (χ4v) is 2.98. The van der Waals surface area contributed by atoms with Crippen molar-refractivity contribution in [3.8, 4) is 0 Å². The van der Waals surface area contributed by atoms with E-state index in [9.17, 15) is 4.79 Å². The number of carbonyl (C=O) groups is 1. The van der Waals surface area contributed by atoms with Gasteiger partial charge in [-0.15, -0.1) is 11.3 Å². The maximum atomic E-state index is 11.1. The van der Waals surface area contributed by atoms with Gasteiger partial charge in [-0.2, -0.15) is 0 Å². The molecule has 2 aromatic rings. The highest BCUT2D eigenvalue weighted by molar-refractivity contribution is 7.10. The third-order valence-corrected chi connectivity index (χ3v) is 4.34. The van der Waals surface area contributed by atoms with Crippen LogP contribution < -0.4 is 16.0 Å². The molecule has 1 amide bonds. The second-order valence-electron chi connectivity index (χ2n) is 4.74. The molecule has 21 heavy (non-hydrogen) atoms. The number of thiophene rings is 1. The molecule has 0 atom stereocenters. The van der Waals surface area contributed by atoms with Gasteiger partial charge in [0.2, 0.25) is 5.91 Å². The Bertz CT molecular complexity index is 588. The van der Waals surface area contributed by atoms with Gasteiger partial charge < -0.3 is 16.0 Å². The maximum Gasteiger partial charge on any atom is 0.249 e. The molecule has 5 heteroatoms. The van der Waals surface area contributed by atoms with E-state index in [4.69, 9.17) is 5.73 Å². The second kappa shape index (κ2) is 7.13. The van der Waals surface area contributed by atoms with Gasteiger partial charge in [0.05, 0.1) is 5.56 Å². The number of rotatable bonds is 7. The minimum Gasteiger partial charge on any atom is -0.380 e. The molecule has 0 spiro atoms. The lowest BCUT2D eigenvalue weighted by Crippen LogP contribution is -2.21. The fourth-order valence-electron chi connectivity index (χ4n) is 2.17. The number of nitrogens with zero attached hydrogens (tertiary/aromatic N) is 1. The molecule has 112 valence electrons. The van der Waals surface area contributed by atoms with Gasteiger partial charge in [-0.05, 0) is 44.2 Å². The van der Waals surface area contributed by atoms with Crippen molar-refractivity contribution in [3.63, 3.8) is 0 Å². The number of amides is 1. The van der Waals surface area contributed by atoms with Crippen molar-refractivity contribution in [1.29, 1.82) is 0 Å². The average Bonchev–Trinajstić information content (AvgIpc) is 2.97. The Kier molecular flexibility index (Phi) is 5.22. The normalized spacial score (nSPS) is 10.4. The van der Waals surface area contributed by atoms with Gasteiger partial charge in [0, 0.05) is 41.3 Å². The number of carbonyl (C=O) groups excluding carboxylic acids is 1. The monoisotopic (exact) mass is 303 g/mol. The summed E-state index contributed by atoms with van der Waals surface area (Å²) < 4.78 is 0. The van der Waals surface area contributed by atoms with Crippen molar-refractivity contribution in [2.45, 2.75) is 20.4 Å². The zero-order valence-corrected chi connectivity index (χ0v) is 13.2. The van der Waals surface area contributed by atoms with E-state index in [0.717, 1.165) is 23.7 Å². The van der Waals surface area contributed by atoms with Crippen LogP contribution in [0.4, 0.5) is 11.4 Å². The summed E-state index contributed by atoms with van der Waals surface area (Å²) >= 11 is 1.54. The summed E-state index contributed by atoms with van der Waals surface area (Å²) in [5.74, 6) is -0.374. The zero-order valence-electron chi connectivity index (χ0n) is 12.4. The molecule has 0 saturated heterocycles. The molecular weight excluding hydrogens is 282 g/mol. The lowest BCUT2D eigenvalue weighted by atomic mass is 10.2. The Morgan fingerprint density at radius 3 is 2.43 bits per heavy atom. The lowest BCUT2D eigenvalue weighted by Gasteiger charge is -2.21. The summed E-state index contributed by atoms with van der Waals surface area (Å²) in [5.41, 5.74) is 8.13. The average molecular weight is 303 g/mol. The van der Waals surface area contributed by atoms with E-state index in [1.165, 1.54) is 5.69 Å². The maximum absolute atomic E-state index is 11.1. The molecule has 0 aliphatic rings. The quantitative estimate of drug-likeness (QED) is 0.825. The molecule has 0 unspecified atom stereocenters. The van der Waals surface area contributed by atoms with Crippen molar-refractivity contribution in [2.75, 3.05) is 23.3 Å². The third-order valence-electron chi connectivity index (χ3n) is 3.40. The molecule has 0 radical (unpaired) electrons. The first-order valence-electron chi connectivity index (χ1n) is 7.10. The molecule has 1 heterocycles. The number of hydrogen-bond acceptors (Lipinski definition) is 4. The van der Waals surface area contributed by atoms with E-state index in [0.29, 0.717) is 12.1 Å². The third kappa shape index (κ3) is 3.98. The first-order chi connectivity index (χ1) is 10.1. The summed E-state index contributed by atoms with van der Waals surface area (Å²) in [6.07, 6.45) is 0. The molecule has 2 rings (SSSR count). The van der Waals surface area contributed by atoms with Crippen LogP contribution >= 0.6 is 11.3 Å². The Labute approximate surface area is 129 Å². The fraction of sp³-hybridized carbons (Fsp3) is 0.312. The van der Waals surface area contributed by atoms with Crippen molar-refractivity contribution in [3.05, 3.63) is 46.2 Å². The predicted molar refractivity (Wildman–Crippen MR) is 90.2 cm³/mol. The zero-order chi connectivity index (χ0) is 15.2. The molecule has 3 N–H and O–H groups in total. The number of hydrogen-bond donors (Lipinski definition) is 2. The van der Waals surface area contributed by atoms with E-state index in [-0.39, 0.29) is 5.91 Å². The number of primary amides is 1. The lowest BCUT2D eigenvalue weighted by molar-refractivity contribution is 0.100. The van der Waals surface area contributed by atoms with Crippen LogP contribution in [0.5, 0.6) is 0 Å². The summed E-state index contributed by atoms with van der Waals surface area (Å²) in [6, 6.07) is 10.2. The molecule has 0 fully saturated rings. The highest BCUT2D eigenvalue weighted by Crippen LogP contribution is 2.20. The predicted octanol–water partition coefficient (Wildman–Crippen LogP) is 3.31. The first-order valence-corrected chi connectivity index (χ1v) is 7.98. The first kappa shape index (κ1) is 15.4. The van der Waals surface area contributed by atoms with E-state index in [1.807, 2.05) is 6.07 Å². The number of nitrogens with two attached hydrogens (primary N) is 1. The van der Waals surface area contributed by atoms with Gasteiger partial charge >= 0.3 is 0 Å². The Hall–Kier alpha value is -2.01. The molecule has 1 aromatic carbocycles. The second-order valence-corrected chi connectivity index (χ2v) is 5.73. The summed E-state index contributed by atoms with van der Waals surface area (Å²) in [7, 11) is 0. The van der Waals surface area contributed by atoms with Crippen LogP contribution in [0.1, 0.15) is 29.1 Å². The van der Waals surface area contributed by atoms with Crippen molar-refractivity contribution in [1.82, 2.24) is 0 Å². The van der Waals surface area contributed by atoms with E-state index >= 15 is 0 Å². The molecule has 0 aliphatic heterocycles. The van der Waals surface area contributed by atoms with Crippen LogP contribution in [0.3, 0.4) is 0 Å². The van der Waals surface area contributed by atoms with Crippen LogP contribution in [0, 0.1) is 0 Å². The van der Waals surface area contributed by atoms with Crippen LogP contribution in [-0.4, -0.2) is 19.0 Å². The number of anilines is 2. The summed E-state index contributed by atoms with van der Waals surface area (Å²) in [6.45, 7) is 7.02. The van der Waals surface area contributed by atoms with Gasteiger partial charge in [-0.25, -0.2) is 0 Å². The highest BCUT2D eigenvalue weighted by atomic mass is 32.1. The van der Waals surface area contributed by atoms with Gasteiger partial charge in [0.1, 0.15) is 0 Å². The van der Waals surface area contributed by atoms with Gasteiger partial charge in [0.25, 0.3) is 0 Å². The van der Waals surface area contributed by atoms with E-state index < -0.39 is 0 Å². The highest BCUT2D eigenvalue weighted by Gasteiger charge is 2.05. The Morgan fingerprint density at radius 1 is 1.24 bits per heavy atom.